The number of rotatable bonds is 4. The van der Waals surface area contributed by atoms with Crippen LogP contribution in [-0.4, -0.2) is 27.7 Å². The Bertz CT molecular complexity index is 826. The van der Waals surface area contributed by atoms with Crippen molar-refractivity contribution in [2.24, 2.45) is 0 Å². The van der Waals surface area contributed by atoms with E-state index in [9.17, 15) is 8.42 Å². The van der Waals surface area contributed by atoms with Gasteiger partial charge in [-0.3, -0.25) is 0 Å². The van der Waals surface area contributed by atoms with Crippen LogP contribution in [0.4, 0.5) is 0 Å². The molecule has 2 aromatic rings. The third kappa shape index (κ3) is 3.72. The standard InChI is InChI=1S/C15H13Cl2NO4S/c16-12-6-5-11(7-13(12)17)23(19,20)18-8-10-9-21-14-3-1-2-4-15(14)22-10/h1-7,10,18H,8-9H2. The van der Waals surface area contributed by atoms with Gasteiger partial charge in [0.1, 0.15) is 12.7 Å². The molecule has 2 aromatic carbocycles. The van der Waals surface area contributed by atoms with Crippen LogP contribution in [0.15, 0.2) is 47.4 Å². The van der Waals surface area contributed by atoms with Gasteiger partial charge in [-0.1, -0.05) is 35.3 Å². The summed E-state index contributed by atoms with van der Waals surface area (Å²) in [6, 6.07) is 11.4. The molecule has 1 aliphatic heterocycles. The summed E-state index contributed by atoms with van der Waals surface area (Å²) >= 11 is 11.6. The molecule has 8 heteroatoms. The van der Waals surface area contributed by atoms with Gasteiger partial charge in [0.15, 0.2) is 11.5 Å². The van der Waals surface area contributed by atoms with E-state index in [0.29, 0.717) is 16.5 Å². The highest BCUT2D eigenvalue weighted by Gasteiger charge is 2.23. The number of fused-ring (bicyclic) bond motifs is 1. The van der Waals surface area contributed by atoms with Crippen molar-refractivity contribution in [3.05, 3.63) is 52.5 Å². The predicted octanol–water partition coefficient (Wildman–Crippen LogP) is 3.11. The van der Waals surface area contributed by atoms with Gasteiger partial charge in [0.2, 0.25) is 10.0 Å². The number of para-hydroxylation sites is 2. The van der Waals surface area contributed by atoms with Crippen LogP contribution in [0.1, 0.15) is 0 Å². The van der Waals surface area contributed by atoms with Gasteiger partial charge >= 0.3 is 0 Å². The molecule has 1 aliphatic rings. The fraction of sp³-hybridized carbons (Fsp3) is 0.200. The number of hydrogen-bond acceptors (Lipinski definition) is 4. The average Bonchev–Trinajstić information content (AvgIpc) is 2.55. The minimum Gasteiger partial charge on any atom is -0.486 e. The van der Waals surface area contributed by atoms with Crippen molar-refractivity contribution < 1.29 is 17.9 Å². The van der Waals surface area contributed by atoms with E-state index in [1.807, 2.05) is 12.1 Å². The molecule has 122 valence electrons. The van der Waals surface area contributed by atoms with Crippen LogP contribution in [0.2, 0.25) is 10.0 Å². The van der Waals surface area contributed by atoms with E-state index >= 15 is 0 Å². The lowest BCUT2D eigenvalue weighted by Crippen LogP contribution is -2.40. The lowest BCUT2D eigenvalue weighted by molar-refractivity contribution is 0.0943. The van der Waals surface area contributed by atoms with Gasteiger partial charge in [0, 0.05) is 0 Å². The summed E-state index contributed by atoms with van der Waals surface area (Å²) in [5.41, 5.74) is 0. The summed E-state index contributed by atoms with van der Waals surface area (Å²) in [5.74, 6) is 1.24. The topological polar surface area (TPSA) is 64.6 Å². The molecule has 0 aromatic heterocycles. The molecule has 0 fully saturated rings. The summed E-state index contributed by atoms with van der Waals surface area (Å²) < 4.78 is 38.3. The normalized spacial score (nSPS) is 17.0. The number of benzene rings is 2. The van der Waals surface area contributed by atoms with Crippen LogP contribution in [0, 0.1) is 0 Å². The zero-order valence-corrected chi connectivity index (χ0v) is 14.2. The zero-order chi connectivity index (χ0) is 16.4. The Morgan fingerprint density at radius 3 is 2.57 bits per heavy atom. The second-order valence-corrected chi connectivity index (χ2v) is 7.51. The lowest BCUT2D eigenvalue weighted by atomic mass is 10.2. The molecule has 0 saturated heterocycles. The van der Waals surface area contributed by atoms with Gasteiger partial charge in [0.05, 0.1) is 21.5 Å². The second kappa shape index (κ2) is 6.57. The van der Waals surface area contributed by atoms with Gasteiger partial charge in [-0.25, -0.2) is 13.1 Å². The minimum atomic E-state index is -3.70. The lowest BCUT2D eigenvalue weighted by Gasteiger charge is -2.26. The Hall–Kier alpha value is -1.47. The quantitative estimate of drug-likeness (QED) is 0.893. The summed E-state index contributed by atoms with van der Waals surface area (Å²) in [6.45, 7) is 0.345. The number of ether oxygens (including phenoxy) is 2. The van der Waals surface area contributed by atoms with E-state index in [1.54, 1.807) is 12.1 Å². The maximum atomic E-state index is 12.3. The molecule has 0 saturated carbocycles. The number of nitrogens with one attached hydrogen (secondary N) is 1. The number of hydrogen-bond donors (Lipinski definition) is 1. The fourth-order valence-corrected chi connectivity index (χ4v) is 3.55. The minimum absolute atomic E-state index is 0.0454. The highest BCUT2D eigenvalue weighted by atomic mass is 35.5. The molecule has 3 rings (SSSR count). The Balaban J connectivity index is 1.67. The highest BCUT2D eigenvalue weighted by Crippen LogP contribution is 2.31. The summed E-state index contributed by atoms with van der Waals surface area (Å²) in [5, 5.41) is 0.479. The molecule has 0 bridgehead atoms. The van der Waals surface area contributed by atoms with Crippen molar-refractivity contribution >= 4 is 33.2 Å². The average molecular weight is 374 g/mol. The fourth-order valence-electron chi connectivity index (χ4n) is 2.09. The Morgan fingerprint density at radius 1 is 1.09 bits per heavy atom. The summed E-state index contributed by atoms with van der Waals surface area (Å²) in [4.78, 5) is 0.0454. The third-order valence-corrected chi connectivity index (χ3v) is 5.43. The van der Waals surface area contributed by atoms with E-state index in [4.69, 9.17) is 32.7 Å². The Labute approximate surface area is 144 Å². The van der Waals surface area contributed by atoms with E-state index in [0.717, 1.165) is 0 Å². The van der Waals surface area contributed by atoms with Crippen molar-refractivity contribution in [1.82, 2.24) is 4.72 Å². The SMILES string of the molecule is O=S(=O)(NCC1COc2ccccc2O1)c1ccc(Cl)c(Cl)c1. The van der Waals surface area contributed by atoms with Crippen molar-refractivity contribution in [3.63, 3.8) is 0 Å². The highest BCUT2D eigenvalue weighted by molar-refractivity contribution is 7.89. The molecule has 0 amide bonds. The molecule has 23 heavy (non-hydrogen) atoms. The monoisotopic (exact) mass is 373 g/mol. The largest absolute Gasteiger partial charge is 0.486 e. The molecule has 1 atom stereocenters. The van der Waals surface area contributed by atoms with Crippen LogP contribution < -0.4 is 14.2 Å². The van der Waals surface area contributed by atoms with Crippen LogP contribution in [0.3, 0.4) is 0 Å². The van der Waals surface area contributed by atoms with Gasteiger partial charge < -0.3 is 9.47 Å². The molecular formula is C15H13Cl2NO4S. The number of sulfonamides is 1. The van der Waals surface area contributed by atoms with Crippen LogP contribution in [-0.2, 0) is 10.0 Å². The first kappa shape index (κ1) is 16.4. The molecule has 0 aliphatic carbocycles. The van der Waals surface area contributed by atoms with Crippen molar-refractivity contribution in [2.75, 3.05) is 13.2 Å². The van der Waals surface area contributed by atoms with E-state index < -0.39 is 16.1 Å². The molecule has 1 heterocycles. The molecule has 5 nitrogen and oxygen atoms in total. The molecule has 0 radical (unpaired) electrons. The molecule has 1 unspecified atom stereocenters. The summed E-state index contributed by atoms with van der Waals surface area (Å²) in [7, 11) is -3.70. The zero-order valence-electron chi connectivity index (χ0n) is 11.8. The predicted molar refractivity (Wildman–Crippen MR) is 88.0 cm³/mol. The van der Waals surface area contributed by atoms with E-state index in [-0.39, 0.29) is 23.1 Å². The van der Waals surface area contributed by atoms with Crippen molar-refractivity contribution in [2.45, 2.75) is 11.0 Å². The maximum Gasteiger partial charge on any atom is 0.240 e. The van der Waals surface area contributed by atoms with Gasteiger partial charge in [-0.2, -0.15) is 0 Å². The molecular weight excluding hydrogens is 361 g/mol. The van der Waals surface area contributed by atoms with E-state index in [1.165, 1.54) is 18.2 Å². The Kier molecular flexibility index (Phi) is 4.68. The smallest absolute Gasteiger partial charge is 0.240 e. The first-order valence-electron chi connectivity index (χ1n) is 6.79. The Morgan fingerprint density at radius 2 is 1.83 bits per heavy atom. The number of halogens is 2. The van der Waals surface area contributed by atoms with Crippen LogP contribution in [0.5, 0.6) is 11.5 Å². The van der Waals surface area contributed by atoms with Gasteiger partial charge in [0.25, 0.3) is 0 Å². The summed E-state index contributed by atoms with van der Waals surface area (Å²) in [6.07, 6.45) is -0.414. The molecule has 0 spiro atoms. The van der Waals surface area contributed by atoms with Gasteiger partial charge in [-0.15, -0.1) is 0 Å². The van der Waals surface area contributed by atoms with Crippen molar-refractivity contribution in [1.29, 1.82) is 0 Å². The van der Waals surface area contributed by atoms with Crippen LogP contribution >= 0.6 is 23.2 Å². The van der Waals surface area contributed by atoms with Crippen LogP contribution in [0.25, 0.3) is 0 Å². The maximum absolute atomic E-state index is 12.3. The first-order chi connectivity index (χ1) is 11.0. The molecule has 1 N–H and O–H groups in total. The third-order valence-electron chi connectivity index (χ3n) is 3.27. The van der Waals surface area contributed by atoms with Crippen molar-refractivity contribution in [3.8, 4) is 11.5 Å². The van der Waals surface area contributed by atoms with E-state index in [2.05, 4.69) is 4.72 Å². The first-order valence-corrected chi connectivity index (χ1v) is 9.03. The second-order valence-electron chi connectivity index (χ2n) is 4.93. The van der Waals surface area contributed by atoms with Gasteiger partial charge in [-0.05, 0) is 30.3 Å².